The molecule has 0 aliphatic rings. The minimum atomic E-state index is -0.421. The van der Waals surface area contributed by atoms with Gasteiger partial charge in [0.15, 0.2) is 0 Å². The van der Waals surface area contributed by atoms with Crippen LogP contribution in [0.4, 0.5) is 5.95 Å². The second-order valence-electron chi connectivity index (χ2n) is 4.46. The van der Waals surface area contributed by atoms with Gasteiger partial charge in [-0.2, -0.15) is 0 Å². The number of nitrogens with zero attached hydrogens (tertiary/aromatic N) is 3. The van der Waals surface area contributed by atoms with Crippen molar-refractivity contribution in [2.45, 2.75) is 32.4 Å². The van der Waals surface area contributed by atoms with Crippen molar-refractivity contribution in [1.29, 1.82) is 0 Å². The van der Waals surface area contributed by atoms with Crippen LogP contribution < -0.4 is 10.2 Å². The Morgan fingerprint density at radius 2 is 2.06 bits per heavy atom. The van der Waals surface area contributed by atoms with Crippen LogP contribution >= 0.6 is 0 Å². The van der Waals surface area contributed by atoms with Crippen LogP contribution in [-0.2, 0) is 4.79 Å². The summed E-state index contributed by atoms with van der Waals surface area (Å²) in [5.74, 6) is 0.397. The molecule has 6 nitrogen and oxygen atoms in total. The zero-order valence-electron chi connectivity index (χ0n) is 11.0. The number of hydrogen-bond acceptors (Lipinski definition) is 5. The SMILES string of the molecule is CC(O)CC(C)NC(=O)CN(C)c1ncccn1. The van der Waals surface area contributed by atoms with E-state index < -0.39 is 6.10 Å². The number of aliphatic hydroxyl groups excluding tert-OH is 1. The Morgan fingerprint density at radius 3 is 2.61 bits per heavy atom. The predicted molar refractivity (Wildman–Crippen MR) is 69.2 cm³/mol. The smallest absolute Gasteiger partial charge is 0.239 e. The molecule has 0 aromatic carbocycles. The maximum atomic E-state index is 11.7. The maximum Gasteiger partial charge on any atom is 0.239 e. The lowest BCUT2D eigenvalue weighted by molar-refractivity contribution is -0.120. The van der Waals surface area contributed by atoms with E-state index in [2.05, 4.69) is 15.3 Å². The maximum absolute atomic E-state index is 11.7. The van der Waals surface area contributed by atoms with Gasteiger partial charge in [-0.3, -0.25) is 4.79 Å². The zero-order chi connectivity index (χ0) is 13.5. The van der Waals surface area contributed by atoms with Crippen LogP contribution in [0.5, 0.6) is 0 Å². The number of nitrogens with one attached hydrogen (secondary N) is 1. The molecule has 1 rings (SSSR count). The molecule has 1 aromatic heterocycles. The highest BCUT2D eigenvalue weighted by Crippen LogP contribution is 2.01. The third-order valence-electron chi connectivity index (χ3n) is 2.38. The van der Waals surface area contributed by atoms with E-state index in [1.54, 1.807) is 37.3 Å². The summed E-state index contributed by atoms with van der Waals surface area (Å²) in [5, 5.41) is 12.0. The Bertz CT molecular complexity index is 370. The molecule has 1 aromatic rings. The van der Waals surface area contributed by atoms with Gasteiger partial charge < -0.3 is 15.3 Å². The van der Waals surface area contributed by atoms with E-state index in [9.17, 15) is 9.90 Å². The molecule has 0 aliphatic carbocycles. The Balaban J connectivity index is 2.41. The average molecular weight is 252 g/mol. The molecule has 0 aliphatic heterocycles. The average Bonchev–Trinajstić information content (AvgIpc) is 2.28. The first-order chi connectivity index (χ1) is 8.49. The number of anilines is 1. The van der Waals surface area contributed by atoms with Crippen molar-refractivity contribution < 1.29 is 9.90 Å². The normalized spacial score (nSPS) is 13.8. The van der Waals surface area contributed by atoms with Crippen molar-refractivity contribution in [3.8, 4) is 0 Å². The number of carbonyl (C=O) groups excluding carboxylic acids is 1. The van der Waals surface area contributed by atoms with Crippen molar-refractivity contribution in [2.24, 2.45) is 0 Å². The Labute approximate surface area is 107 Å². The van der Waals surface area contributed by atoms with E-state index in [0.717, 1.165) is 0 Å². The molecule has 0 saturated heterocycles. The molecule has 2 atom stereocenters. The first-order valence-electron chi connectivity index (χ1n) is 5.94. The Hall–Kier alpha value is -1.69. The van der Waals surface area contributed by atoms with Gasteiger partial charge in [0.1, 0.15) is 0 Å². The highest BCUT2D eigenvalue weighted by molar-refractivity contribution is 5.80. The highest BCUT2D eigenvalue weighted by Gasteiger charge is 2.12. The van der Waals surface area contributed by atoms with Crippen LogP contribution in [0.1, 0.15) is 20.3 Å². The van der Waals surface area contributed by atoms with E-state index in [0.29, 0.717) is 12.4 Å². The van der Waals surface area contributed by atoms with Crippen molar-refractivity contribution >= 4 is 11.9 Å². The molecule has 0 radical (unpaired) electrons. The second-order valence-corrected chi connectivity index (χ2v) is 4.46. The van der Waals surface area contributed by atoms with Gasteiger partial charge in [0.25, 0.3) is 0 Å². The summed E-state index contributed by atoms with van der Waals surface area (Å²) >= 11 is 0. The molecular formula is C12H20N4O2. The molecule has 6 heteroatoms. The number of carbonyl (C=O) groups is 1. The first-order valence-corrected chi connectivity index (χ1v) is 5.94. The molecule has 0 saturated carbocycles. The summed E-state index contributed by atoms with van der Waals surface area (Å²) in [7, 11) is 1.76. The van der Waals surface area contributed by atoms with Gasteiger partial charge in [-0.15, -0.1) is 0 Å². The second kappa shape index (κ2) is 6.90. The van der Waals surface area contributed by atoms with Crippen LogP contribution in [0.2, 0.25) is 0 Å². The molecule has 1 heterocycles. The van der Waals surface area contributed by atoms with Gasteiger partial charge in [0.05, 0.1) is 12.6 Å². The molecule has 0 bridgehead atoms. The lowest BCUT2D eigenvalue weighted by Crippen LogP contribution is -2.41. The van der Waals surface area contributed by atoms with Crippen LogP contribution in [-0.4, -0.2) is 46.7 Å². The lowest BCUT2D eigenvalue weighted by Gasteiger charge is -2.19. The van der Waals surface area contributed by atoms with E-state index in [-0.39, 0.29) is 18.5 Å². The standard InChI is InChI=1S/C12H20N4O2/c1-9(7-10(2)17)15-11(18)8-16(3)12-13-5-4-6-14-12/h4-6,9-10,17H,7-8H2,1-3H3,(H,15,18). The lowest BCUT2D eigenvalue weighted by atomic mass is 10.1. The molecular weight excluding hydrogens is 232 g/mol. The summed E-state index contributed by atoms with van der Waals surface area (Å²) in [5.41, 5.74) is 0. The fraction of sp³-hybridized carbons (Fsp3) is 0.583. The zero-order valence-corrected chi connectivity index (χ0v) is 11.0. The topological polar surface area (TPSA) is 78.4 Å². The molecule has 18 heavy (non-hydrogen) atoms. The van der Waals surface area contributed by atoms with E-state index in [1.807, 2.05) is 6.92 Å². The van der Waals surface area contributed by atoms with Crippen LogP contribution in [0.15, 0.2) is 18.5 Å². The summed E-state index contributed by atoms with van der Waals surface area (Å²) in [6.45, 7) is 3.75. The molecule has 100 valence electrons. The van der Waals surface area contributed by atoms with Crippen molar-refractivity contribution in [3.05, 3.63) is 18.5 Å². The van der Waals surface area contributed by atoms with Gasteiger partial charge in [-0.1, -0.05) is 0 Å². The Kier molecular flexibility index (Phi) is 5.51. The van der Waals surface area contributed by atoms with Crippen LogP contribution in [0.3, 0.4) is 0 Å². The summed E-state index contributed by atoms with van der Waals surface area (Å²) < 4.78 is 0. The first kappa shape index (κ1) is 14.4. The highest BCUT2D eigenvalue weighted by atomic mass is 16.3. The fourth-order valence-electron chi connectivity index (χ4n) is 1.67. The molecule has 0 fully saturated rings. The minimum absolute atomic E-state index is 0.0532. The predicted octanol–water partition coefficient (Wildman–Crippen LogP) is 0.188. The number of rotatable bonds is 6. The van der Waals surface area contributed by atoms with Crippen molar-refractivity contribution in [3.63, 3.8) is 0 Å². The molecule has 2 unspecified atom stereocenters. The number of aliphatic hydroxyl groups is 1. The largest absolute Gasteiger partial charge is 0.393 e. The van der Waals surface area contributed by atoms with Gasteiger partial charge in [-0.05, 0) is 26.3 Å². The van der Waals surface area contributed by atoms with E-state index >= 15 is 0 Å². The number of amides is 1. The quantitative estimate of drug-likeness (QED) is 0.755. The molecule has 1 amide bonds. The van der Waals surface area contributed by atoms with Gasteiger partial charge in [0, 0.05) is 25.5 Å². The van der Waals surface area contributed by atoms with Crippen LogP contribution in [0.25, 0.3) is 0 Å². The third-order valence-corrected chi connectivity index (χ3v) is 2.38. The summed E-state index contributed by atoms with van der Waals surface area (Å²) in [4.78, 5) is 21.5. The fourth-order valence-corrected chi connectivity index (χ4v) is 1.67. The van der Waals surface area contributed by atoms with Crippen molar-refractivity contribution in [2.75, 3.05) is 18.5 Å². The van der Waals surface area contributed by atoms with Crippen LogP contribution in [0, 0.1) is 0 Å². The van der Waals surface area contributed by atoms with Crippen molar-refractivity contribution in [1.82, 2.24) is 15.3 Å². The summed E-state index contributed by atoms with van der Waals surface area (Å²) in [6, 6.07) is 1.67. The number of hydrogen-bond donors (Lipinski definition) is 2. The molecule has 2 N–H and O–H groups in total. The van der Waals surface area contributed by atoms with E-state index in [4.69, 9.17) is 0 Å². The molecule has 0 spiro atoms. The van der Waals surface area contributed by atoms with E-state index in [1.165, 1.54) is 0 Å². The van der Waals surface area contributed by atoms with Gasteiger partial charge in [0.2, 0.25) is 11.9 Å². The Morgan fingerprint density at radius 1 is 1.44 bits per heavy atom. The minimum Gasteiger partial charge on any atom is -0.393 e. The number of likely N-dealkylation sites (N-methyl/N-ethyl adjacent to an activating group) is 1. The summed E-state index contributed by atoms with van der Waals surface area (Å²) in [6.07, 6.45) is 3.38. The monoisotopic (exact) mass is 252 g/mol. The third kappa shape index (κ3) is 5.09. The van der Waals surface area contributed by atoms with Gasteiger partial charge in [-0.25, -0.2) is 9.97 Å². The van der Waals surface area contributed by atoms with Gasteiger partial charge >= 0.3 is 0 Å². The number of aromatic nitrogens is 2.